The van der Waals surface area contributed by atoms with Crippen LogP contribution in [0.15, 0.2) is 59.6 Å². The Kier molecular flexibility index (Phi) is 7.00. The third-order valence-corrected chi connectivity index (χ3v) is 2.59. The fraction of sp³-hybridized carbons (Fsp3) is 0. The molecule has 1 amide bonds. The molecule has 0 fully saturated rings. The molecule has 0 aliphatic carbocycles. The van der Waals surface area contributed by atoms with Gasteiger partial charge in [-0.1, -0.05) is 18.2 Å². The van der Waals surface area contributed by atoms with Gasteiger partial charge in [0.05, 0.1) is 10.6 Å². The molecule has 0 unspecified atom stereocenters. The van der Waals surface area contributed by atoms with Crippen molar-refractivity contribution in [3.63, 3.8) is 0 Å². The van der Waals surface area contributed by atoms with Gasteiger partial charge in [0.15, 0.2) is 0 Å². The SMILES string of the molecule is NC(=Nc1ccc([N+](=O)[O-])cc1)NC(=O)c1ccccc1.O=[N+]([O-])O. The second-order valence-electron chi connectivity index (χ2n) is 4.33. The van der Waals surface area contributed by atoms with Crippen molar-refractivity contribution in [2.75, 3.05) is 0 Å². The predicted octanol–water partition coefficient (Wildman–Crippen LogP) is 1.62. The molecule has 11 heteroatoms. The number of aliphatic imine (C=N–C) groups is 1. The number of nitro groups is 1. The van der Waals surface area contributed by atoms with Gasteiger partial charge in [0.25, 0.3) is 16.7 Å². The fourth-order valence-electron chi connectivity index (χ4n) is 1.59. The van der Waals surface area contributed by atoms with Crippen LogP contribution in [0.3, 0.4) is 0 Å². The lowest BCUT2D eigenvalue weighted by Crippen LogP contribution is -2.36. The summed E-state index contributed by atoms with van der Waals surface area (Å²) in [7, 11) is 0. The number of nitrogens with one attached hydrogen (secondary N) is 1. The molecule has 2 aromatic carbocycles. The van der Waals surface area contributed by atoms with Gasteiger partial charge in [-0.15, -0.1) is 10.1 Å². The molecule has 0 aliphatic rings. The quantitative estimate of drug-likeness (QED) is 0.327. The average Bonchev–Trinajstić information content (AvgIpc) is 2.55. The van der Waals surface area contributed by atoms with Crippen LogP contribution in [0.4, 0.5) is 11.4 Å². The minimum Gasteiger partial charge on any atom is -0.369 e. The van der Waals surface area contributed by atoms with Gasteiger partial charge in [-0.2, -0.15) is 0 Å². The van der Waals surface area contributed by atoms with Crippen molar-refractivity contribution in [1.82, 2.24) is 5.32 Å². The van der Waals surface area contributed by atoms with Gasteiger partial charge in [-0.3, -0.25) is 20.2 Å². The summed E-state index contributed by atoms with van der Waals surface area (Å²) < 4.78 is 0. The van der Waals surface area contributed by atoms with E-state index in [1.807, 2.05) is 0 Å². The number of hydrogen-bond donors (Lipinski definition) is 3. The van der Waals surface area contributed by atoms with E-state index in [1.165, 1.54) is 24.3 Å². The number of amides is 1. The van der Waals surface area contributed by atoms with Crippen molar-refractivity contribution in [1.29, 1.82) is 0 Å². The summed E-state index contributed by atoms with van der Waals surface area (Å²) in [5.74, 6) is -0.462. The van der Waals surface area contributed by atoms with Crippen LogP contribution >= 0.6 is 0 Å². The van der Waals surface area contributed by atoms with Crippen LogP contribution in [0.25, 0.3) is 0 Å². The smallest absolute Gasteiger partial charge is 0.291 e. The molecule has 2 rings (SSSR count). The van der Waals surface area contributed by atoms with Gasteiger partial charge in [0.1, 0.15) is 0 Å². The monoisotopic (exact) mass is 347 g/mol. The van der Waals surface area contributed by atoms with E-state index in [4.69, 9.17) is 21.1 Å². The standard InChI is InChI=1S/C14H12N4O3.HNO3/c15-14(17-13(19)10-4-2-1-3-5-10)16-11-6-8-12(9-7-11)18(20)21;2-1(3)4/h1-9H,(H3,15,16,17,19);(H,2,3,4). The summed E-state index contributed by atoms with van der Waals surface area (Å²) in [6.07, 6.45) is 0. The zero-order chi connectivity index (χ0) is 18.8. The van der Waals surface area contributed by atoms with Crippen LogP contribution < -0.4 is 11.1 Å². The van der Waals surface area contributed by atoms with Gasteiger partial charge in [-0.25, -0.2) is 4.99 Å². The maximum atomic E-state index is 11.8. The molecule has 0 heterocycles. The lowest BCUT2D eigenvalue weighted by Gasteiger charge is -2.04. The van der Waals surface area contributed by atoms with Crippen molar-refractivity contribution in [3.05, 3.63) is 80.4 Å². The van der Waals surface area contributed by atoms with Gasteiger partial charge >= 0.3 is 0 Å². The zero-order valence-electron chi connectivity index (χ0n) is 12.6. The van der Waals surface area contributed by atoms with E-state index >= 15 is 0 Å². The van der Waals surface area contributed by atoms with Gasteiger partial charge < -0.3 is 10.9 Å². The molecular weight excluding hydrogens is 334 g/mol. The van der Waals surface area contributed by atoms with Crippen LogP contribution in [0, 0.1) is 20.2 Å². The first-order valence-corrected chi connectivity index (χ1v) is 6.58. The predicted molar refractivity (Wildman–Crippen MR) is 87.1 cm³/mol. The van der Waals surface area contributed by atoms with Crippen LogP contribution in [-0.2, 0) is 0 Å². The first-order valence-electron chi connectivity index (χ1n) is 6.58. The highest BCUT2D eigenvalue weighted by Gasteiger charge is 2.07. The van der Waals surface area contributed by atoms with Crippen LogP contribution in [0.2, 0.25) is 0 Å². The van der Waals surface area contributed by atoms with Crippen molar-refractivity contribution in [2.45, 2.75) is 0 Å². The second-order valence-corrected chi connectivity index (χ2v) is 4.33. The van der Waals surface area contributed by atoms with Gasteiger partial charge in [-0.05, 0) is 24.3 Å². The largest absolute Gasteiger partial charge is 0.369 e. The Bertz CT molecular complexity index is 772. The number of benzene rings is 2. The zero-order valence-corrected chi connectivity index (χ0v) is 12.6. The third-order valence-electron chi connectivity index (χ3n) is 2.59. The molecule has 2 aromatic rings. The normalized spacial score (nSPS) is 10.2. The first-order chi connectivity index (χ1) is 11.8. The van der Waals surface area contributed by atoms with Crippen LogP contribution in [0.1, 0.15) is 10.4 Å². The molecule has 0 saturated carbocycles. The van der Waals surface area contributed by atoms with E-state index in [2.05, 4.69) is 10.3 Å². The minimum atomic E-state index is -1.50. The molecule has 0 atom stereocenters. The number of hydrogen-bond acceptors (Lipinski definition) is 6. The number of nitro benzene ring substituents is 1. The lowest BCUT2D eigenvalue weighted by molar-refractivity contribution is -0.742. The van der Waals surface area contributed by atoms with Gasteiger partial charge in [0, 0.05) is 17.7 Å². The van der Waals surface area contributed by atoms with Crippen molar-refractivity contribution >= 4 is 23.2 Å². The van der Waals surface area contributed by atoms with Crippen molar-refractivity contribution in [3.8, 4) is 0 Å². The number of nitrogens with zero attached hydrogens (tertiary/aromatic N) is 3. The molecule has 25 heavy (non-hydrogen) atoms. The van der Waals surface area contributed by atoms with Crippen molar-refractivity contribution in [2.24, 2.45) is 10.7 Å². The maximum absolute atomic E-state index is 11.8. The third kappa shape index (κ3) is 7.19. The summed E-state index contributed by atoms with van der Waals surface area (Å²) in [5, 5.41) is 26.6. The number of carbonyl (C=O) groups is 1. The van der Waals surface area contributed by atoms with Gasteiger partial charge in [0.2, 0.25) is 5.96 Å². The van der Waals surface area contributed by atoms with E-state index in [-0.39, 0.29) is 17.6 Å². The Hall–Kier alpha value is -4.02. The number of non-ortho nitro benzene ring substituents is 1. The average molecular weight is 347 g/mol. The van der Waals surface area contributed by atoms with Crippen molar-refractivity contribution < 1.29 is 20.0 Å². The van der Waals surface area contributed by atoms with Crippen LogP contribution in [-0.4, -0.2) is 27.1 Å². The molecule has 130 valence electrons. The number of guanidine groups is 1. The highest BCUT2D eigenvalue weighted by Crippen LogP contribution is 2.17. The lowest BCUT2D eigenvalue weighted by atomic mass is 10.2. The summed E-state index contributed by atoms with van der Waals surface area (Å²) in [6.45, 7) is 0. The van der Waals surface area contributed by atoms with E-state index in [0.717, 1.165) is 0 Å². The molecular formula is C14H13N5O6. The summed E-state index contributed by atoms with van der Waals surface area (Å²) in [5.41, 5.74) is 6.45. The number of nitrogens with two attached hydrogens (primary N) is 1. The van der Waals surface area contributed by atoms with E-state index in [1.54, 1.807) is 30.3 Å². The summed E-state index contributed by atoms with van der Waals surface area (Å²) in [6, 6.07) is 14.1. The summed E-state index contributed by atoms with van der Waals surface area (Å²) in [4.78, 5) is 34.2. The Balaban J connectivity index is 0.000000705. The molecule has 0 aromatic heterocycles. The molecule has 0 radical (unpaired) electrons. The Labute approximate surface area is 140 Å². The summed E-state index contributed by atoms with van der Waals surface area (Å²) >= 11 is 0. The molecule has 0 bridgehead atoms. The van der Waals surface area contributed by atoms with E-state index in [9.17, 15) is 14.9 Å². The Morgan fingerprint density at radius 3 is 2.04 bits per heavy atom. The number of rotatable bonds is 3. The number of carbonyl (C=O) groups excluding carboxylic acids is 1. The molecule has 4 N–H and O–H groups in total. The second kappa shape index (κ2) is 9.19. The van der Waals surface area contributed by atoms with E-state index < -0.39 is 10.0 Å². The molecule has 0 aliphatic heterocycles. The van der Waals surface area contributed by atoms with Crippen LogP contribution in [0.5, 0.6) is 0 Å². The Morgan fingerprint density at radius 2 is 1.56 bits per heavy atom. The molecule has 0 saturated heterocycles. The highest BCUT2D eigenvalue weighted by molar-refractivity contribution is 6.05. The Morgan fingerprint density at radius 1 is 1.04 bits per heavy atom. The maximum Gasteiger partial charge on any atom is 0.291 e. The van der Waals surface area contributed by atoms with E-state index in [0.29, 0.717) is 11.3 Å². The topological polar surface area (TPSA) is 174 Å². The molecule has 0 spiro atoms. The fourth-order valence-corrected chi connectivity index (χ4v) is 1.59. The first kappa shape index (κ1) is 19.0. The minimum absolute atomic E-state index is 0.0409. The molecule has 11 nitrogen and oxygen atoms in total. The highest BCUT2D eigenvalue weighted by atomic mass is 16.9.